The van der Waals surface area contributed by atoms with E-state index < -0.39 is 30.0 Å². The largest absolute Gasteiger partial charge is 0.392 e. The SMILES string of the molecule is Cn1cc(C([C@H]2C(=O)CC(C)(C)C[C@H]2O)[C@@H]2C(=O)CC(C)(C)C[C@@H]2O)c2ccccc21. The summed E-state index contributed by atoms with van der Waals surface area (Å²) in [5, 5.41) is 23.3. The van der Waals surface area contributed by atoms with Gasteiger partial charge < -0.3 is 14.8 Å². The van der Waals surface area contributed by atoms with Crippen LogP contribution >= 0.6 is 0 Å². The minimum atomic E-state index is -0.838. The third-order valence-corrected chi connectivity index (χ3v) is 7.46. The molecule has 5 heteroatoms. The maximum atomic E-state index is 13.4. The average molecular weight is 426 g/mol. The predicted molar refractivity (Wildman–Crippen MR) is 121 cm³/mol. The molecule has 4 rings (SSSR count). The van der Waals surface area contributed by atoms with Crippen molar-refractivity contribution in [3.05, 3.63) is 36.0 Å². The third kappa shape index (κ3) is 3.98. The highest BCUT2D eigenvalue weighted by Crippen LogP contribution is 2.50. The Hall–Kier alpha value is -1.98. The fourth-order valence-corrected chi connectivity index (χ4v) is 6.27. The number of para-hydroxylation sites is 1. The molecule has 2 fully saturated rings. The normalized spacial score (nSPS) is 31.7. The molecule has 1 heterocycles. The molecule has 1 unspecified atom stereocenters. The smallest absolute Gasteiger partial charge is 0.139 e. The van der Waals surface area contributed by atoms with Gasteiger partial charge in [-0.1, -0.05) is 45.9 Å². The van der Waals surface area contributed by atoms with E-state index in [-0.39, 0.29) is 22.4 Å². The van der Waals surface area contributed by atoms with E-state index in [0.717, 1.165) is 16.5 Å². The first-order valence-electron chi connectivity index (χ1n) is 11.4. The molecular formula is C26H35NO4. The van der Waals surface area contributed by atoms with E-state index in [4.69, 9.17) is 0 Å². The van der Waals surface area contributed by atoms with Crippen molar-refractivity contribution in [1.29, 1.82) is 0 Å². The molecule has 2 saturated carbocycles. The minimum absolute atomic E-state index is 0.00785. The number of aliphatic hydroxyl groups is 2. The number of hydrogen-bond acceptors (Lipinski definition) is 4. The number of benzene rings is 1. The van der Waals surface area contributed by atoms with Crippen molar-refractivity contribution in [1.82, 2.24) is 4.57 Å². The molecule has 0 bridgehead atoms. The molecule has 168 valence electrons. The fraction of sp³-hybridized carbons (Fsp3) is 0.615. The molecule has 0 aliphatic heterocycles. The molecule has 31 heavy (non-hydrogen) atoms. The number of hydrogen-bond donors (Lipinski definition) is 2. The zero-order valence-electron chi connectivity index (χ0n) is 19.3. The summed E-state index contributed by atoms with van der Waals surface area (Å²) in [4.78, 5) is 26.8. The number of nitrogens with zero attached hydrogens (tertiary/aromatic N) is 1. The lowest BCUT2D eigenvalue weighted by atomic mass is 9.58. The predicted octanol–water partition coefficient (Wildman–Crippen LogP) is 3.99. The van der Waals surface area contributed by atoms with Crippen LogP contribution in [0.4, 0.5) is 0 Å². The molecule has 0 amide bonds. The maximum Gasteiger partial charge on any atom is 0.139 e. The summed E-state index contributed by atoms with van der Waals surface area (Å²) in [5.41, 5.74) is 1.35. The topological polar surface area (TPSA) is 79.5 Å². The van der Waals surface area contributed by atoms with Gasteiger partial charge in [-0.25, -0.2) is 0 Å². The van der Waals surface area contributed by atoms with Crippen molar-refractivity contribution in [2.24, 2.45) is 29.7 Å². The van der Waals surface area contributed by atoms with Crippen LogP contribution in [0.2, 0.25) is 0 Å². The Morgan fingerprint density at radius 2 is 1.39 bits per heavy atom. The highest BCUT2D eigenvalue weighted by atomic mass is 16.3. The highest BCUT2D eigenvalue weighted by Gasteiger charge is 2.52. The summed E-state index contributed by atoms with van der Waals surface area (Å²) in [6, 6.07) is 7.94. The van der Waals surface area contributed by atoms with Crippen molar-refractivity contribution < 1.29 is 19.8 Å². The lowest BCUT2D eigenvalue weighted by molar-refractivity contribution is -0.144. The molecular weight excluding hydrogens is 390 g/mol. The third-order valence-electron chi connectivity index (χ3n) is 7.46. The fourth-order valence-electron chi connectivity index (χ4n) is 6.27. The number of carbonyl (C=O) groups excluding carboxylic acids is 2. The van der Waals surface area contributed by atoms with E-state index in [1.165, 1.54) is 0 Å². The zero-order valence-corrected chi connectivity index (χ0v) is 19.3. The van der Waals surface area contributed by atoms with Crippen molar-refractivity contribution >= 4 is 22.5 Å². The van der Waals surface area contributed by atoms with Crippen LogP contribution < -0.4 is 0 Å². The Morgan fingerprint density at radius 1 is 0.903 bits per heavy atom. The molecule has 1 aromatic carbocycles. The number of carbonyl (C=O) groups is 2. The van der Waals surface area contributed by atoms with Crippen LogP contribution in [0.3, 0.4) is 0 Å². The summed E-state index contributed by atoms with van der Waals surface area (Å²) in [5.74, 6) is -1.94. The molecule has 2 aromatic rings. The number of aromatic nitrogens is 1. The van der Waals surface area contributed by atoms with Crippen LogP contribution in [0, 0.1) is 22.7 Å². The zero-order chi connectivity index (χ0) is 22.7. The molecule has 2 N–H and O–H groups in total. The van der Waals surface area contributed by atoms with Gasteiger partial charge >= 0.3 is 0 Å². The number of rotatable bonds is 3. The van der Waals surface area contributed by atoms with Gasteiger partial charge in [0.25, 0.3) is 0 Å². The second kappa shape index (κ2) is 7.56. The van der Waals surface area contributed by atoms with Crippen LogP contribution in [0.5, 0.6) is 0 Å². The van der Waals surface area contributed by atoms with Crippen LogP contribution in [0.25, 0.3) is 10.9 Å². The highest BCUT2D eigenvalue weighted by molar-refractivity contribution is 5.91. The van der Waals surface area contributed by atoms with Crippen LogP contribution in [0.1, 0.15) is 64.9 Å². The van der Waals surface area contributed by atoms with Gasteiger partial charge in [0, 0.05) is 42.9 Å². The summed E-state index contributed by atoms with van der Waals surface area (Å²) in [6.07, 6.45) is 2.07. The second-order valence-corrected chi connectivity index (χ2v) is 11.4. The molecule has 0 radical (unpaired) electrons. The molecule has 2 aliphatic carbocycles. The van der Waals surface area contributed by atoms with Crippen LogP contribution in [-0.2, 0) is 16.6 Å². The number of aryl methyl sites for hydroxylation is 1. The molecule has 2 aliphatic rings. The Labute approximate surface area is 184 Å². The van der Waals surface area contributed by atoms with Gasteiger partial charge in [0.15, 0.2) is 0 Å². The van der Waals surface area contributed by atoms with Crippen molar-refractivity contribution in [3.8, 4) is 0 Å². The van der Waals surface area contributed by atoms with Gasteiger partial charge in [-0.05, 0) is 35.3 Å². The standard InChI is InChI=1S/C26H35NO4/c1-25(2)10-18(28)23(19(29)11-25)22(24-20(30)12-26(3,4)13-21(24)31)16-14-27(5)17-9-7-6-8-15(16)17/h6-9,14,18,20,22-24,28,30H,10-13H2,1-5H3/t18-,20+,22?,23-,24+. The lowest BCUT2D eigenvalue weighted by Gasteiger charge is -2.46. The molecule has 0 spiro atoms. The number of fused-ring (bicyclic) bond motifs is 1. The van der Waals surface area contributed by atoms with Crippen molar-refractivity contribution in [2.45, 2.75) is 71.5 Å². The molecule has 5 atom stereocenters. The van der Waals surface area contributed by atoms with Gasteiger partial charge in [0.2, 0.25) is 0 Å². The Balaban J connectivity index is 1.88. The van der Waals surface area contributed by atoms with Crippen LogP contribution in [0.15, 0.2) is 30.5 Å². The summed E-state index contributed by atoms with van der Waals surface area (Å²) in [7, 11) is 1.95. The Bertz CT molecular complexity index is 976. The van der Waals surface area contributed by atoms with Gasteiger partial charge in [-0.15, -0.1) is 0 Å². The first-order chi connectivity index (χ1) is 14.4. The minimum Gasteiger partial charge on any atom is -0.392 e. The summed E-state index contributed by atoms with van der Waals surface area (Å²) < 4.78 is 2.00. The van der Waals surface area contributed by atoms with E-state index in [9.17, 15) is 19.8 Å². The maximum absolute atomic E-state index is 13.4. The molecule has 5 nitrogen and oxygen atoms in total. The summed E-state index contributed by atoms with van der Waals surface area (Å²) in [6.45, 7) is 8.00. The Kier molecular flexibility index (Phi) is 5.42. The average Bonchev–Trinajstić information content (AvgIpc) is 2.94. The van der Waals surface area contributed by atoms with E-state index in [1.807, 2.05) is 69.8 Å². The van der Waals surface area contributed by atoms with E-state index in [0.29, 0.717) is 25.7 Å². The van der Waals surface area contributed by atoms with Crippen LogP contribution in [-0.4, -0.2) is 38.6 Å². The van der Waals surface area contributed by atoms with Gasteiger partial charge in [-0.3, -0.25) is 9.59 Å². The molecule has 0 saturated heterocycles. The quantitative estimate of drug-likeness (QED) is 0.779. The van der Waals surface area contributed by atoms with Gasteiger partial charge in [0.05, 0.1) is 24.0 Å². The first-order valence-corrected chi connectivity index (χ1v) is 11.4. The monoisotopic (exact) mass is 425 g/mol. The first kappa shape index (κ1) is 22.2. The van der Waals surface area contributed by atoms with E-state index in [2.05, 4.69) is 0 Å². The second-order valence-electron chi connectivity index (χ2n) is 11.4. The van der Waals surface area contributed by atoms with Gasteiger partial charge in [-0.2, -0.15) is 0 Å². The van der Waals surface area contributed by atoms with E-state index in [1.54, 1.807) is 0 Å². The number of Topliss-reactive ketones (excluding diaryl/α,β-unsaturated/α-hetero) is 2. The van der Waals surface area contributed by atoms with Gasteiger partial charge in [0.1, 0.15) is 11.6 Å². The van der Waals surface area contributed by atoms with E-state index >= 15 is 0 Å². The van der Waals surface area contributed by atoms with Crippen molar-refractivity contribution in [2.75, 3.05) is 0 Å². The number of aliphatic hydroxyl groups excluding tert-OH is 2. The molecule has 1 aromatic heterocycles. The lowest BCUT2D eigenvalue weighted by Crippen LogP contribution is -2.51. The summed E-state index contributed by atoms with van der Waals surface area (Å²) >= 11 is 0. The Morgan fingerprint density at radius 3 is 1.87 bits per heavy atom. The van der Waals surface area contributed by atoms with Crippen molar-refractivity contribution in [3.63, 3.8) is 0 Å². The number of ketones is 2.